The van der Waals surface area contributed by atoms with Gasteiger partial charge in [-0.05, 0) is 150 Å². The number of hydrogen-bond donors (Lipinski definition) is 2. The lowest BCUT2D eigenvalue weighted by atomic mass is 9.47. The third-order valence-electron chi connectivity index (χ3n) is 16.9. The summed E-state index contributed by atoms with van der Waals surface area (Å²) >= 11 is 0. The summed E-state index contributed by atoms with van der Waals surface area (Å²) in [5, 5.41) is 6.56. The molecule has 0 aromatic heterocycles. The number of carbonyl (C=O) groups excluding carboxylic acids is 4. The Kier molecular flexibility index (Phi) is 7.58. The Morgan fingerprint density at radius 1 is 0.714 bits per heavy atom. The molecule has 49 heavy (non-hydrogen) atoms. The van der Waals surface area contributed by atoms with Gasteiger partial charge in [0.25, 0.3) is 5.91 Å². The summed E-state index contributed by atoms with van der Waals surface area (Å²) in [6.07, 6.45) is 20.0. The number of carbonyl (C=O) groups is 4. The fraction of sp³-hybridized carbons (Fsp3) is 0.810. The van der Waals surface area contributed by atoms with Crippen molar-refractivity contribution in [2.45, 2.75) is 143 Å². The fourth-order valence-electron chi connectivity index (χ4n) is 14.6. The van der Waals surface area contributed by atoms with E-state index in [1.807, 2.05) is 0 Å². The van der Waals surface area contributed by atoms with Crippen molar-refractivity contribution in [1.29, 1.82) is 0 Å². The molecule has 2 aliphatic heterocycles. The average molecular weight is 672 g/mol. The molecule has 14 atom stereocenters. The maximum Gasteiger partial charge on any atom is 0.253 e. The van der Waals surface area contributed by atoms with Crippen LogP contribution in [0.2, 0.25) is 0 Å². The van der Waals surface area contributed by atoms with Gasteiger partial charge in [0.05, 0.1) is 0 Å². The summed E-state index contributed by atoms with van der Waals surface area (Å²) < 4.78 is 0. The van der Waals surface area contributed by atoms with Crippen LogP contribution in [0.3, 0.4) is 0 Å². The number of nitrogens with zero attached hydrogens (tertiary/aromatic N) is 1. The Balaban J connectivity index is 1.02. The van der Waals surface area contributed by atoms with E-state index >= 15 is 0 Å². The van der Waals surface area contributed by atoms with E-state index in [-0.39, 0.29) is 74.7 Å². The number of rotatable bonds is 2. The largest absolute Gasteiger partial charge is 0.351 e. The van der Waals surface area contributed by atoms with Gasteiger partial charge in [0, 0.05) is 46.4 Å². The molecule has 0 aromatic carbocycles. The van der Waals surface area contributed by atoms with Crippen LogP contribution in [-0.4, -0.2) is 46.2 Å². The summed E-state index contributed by atoms with van der Waals surface area (Å²) in [6.45, 7) is 15.7. The van der Waals surface area contributed by atoms with E-state index in [0.29, 0.717) is 35.5 Å². The lowest BCUT2D eigenvalue weighted by Gasteiger charge is -2.61. The van der Waals surface area contributed by atoms with Gasteiger partial charge in [-0.2, -0.15) is 0 Å². The van der Waals surface area contributed by atoms with Gasteiger partial charge >= 0.3 is 0 Å². The standard InChI is InChI=1S/C42H61N3O4/c1-38(2,3)44-36(48)30-12-10-26-25-9-15-33-42(7,29(25)17-20-39(26,30)4)23-19-35(47)45(33)37(49)31-13-11-27-24-8-14-32-41(6,22-18-34(46)43-32)28(24)16-21-40(27,31)5/h18-19,22-33H,8-17,20-21H2,1-7H3,(H,43,46)(H,44,48)/t24-,25-,26-,27-,28-,29-,30+,31-,32+,33+,39-,40-,41+,42+/m0/s1. The number of amides is 4. The molecule has 0 aromatic rings. The first-order valence-corrected chi connectivity index (χ1v) is 19.9. The van der Waals surface area contributed by atoms with Crippen LogP contribution in [0.5, 0.6) is 0 Å². The normalized spacial score (nSPS) is 49.9. The van der Waals surface area contributed by atoms with Crippen LogP contribution in [0, 0.1) is 69.0 Å². The molecule has 6 fully saturated rings. The molecule has 6 aliphatic carbocycles. The van der Waals surface area contributed by atoms with Gasteiger partial charge in [0.1, 0.15) is 0 Å². The van der Waals surface area contributed by atoms with Gasteiger partial charge in [-0.15, -0.1) is 0 Å². The molecule has 0 unspecified atom stereocenters. The average Bonchev–Trinajstić information content (AvgIpc) is 3.57. The summed E-state index contributed by atoms with van der Waals surface area (Å²) in [6, 6.07) is 0.113. The van der Waals surface area contributed by atoms with E-state index in [1.165, 1.54) is 0 Å². The van der Waals surface area contributed by atoms with Gasteiger partial charge < -0.3 is 10.6 Å². The van der Waals surface area contributed by atoms with E-state index in [4.69, 9.17) is 0 Å². The highest BCUT2D eigenvalue weighted by molar-refractivity contribution is 6.03. The van der Waals surface area contributed by atoms with Crippen LogP contribution < -0.4 is 10.6 Å². The van der Waals surface area contributed by atoms with Crippen molar-refractivity contribution in [2.24, 2.45) is 69.0 Å². The molecule has 0 saturated heterocycles. The molecular weight excluding hydrogens is 610 g/mol. The zero-order chi connectivity index (χ0) is 34.9. The first-order valence-electron chi connectivity index (χ1n) is 19.9. The molecule has 7 heteroatoms. The van der Waals surface area contributed by atoms with Crippen LogP contribution in [0.15, 0.2) is 24.3 Å². The SMILES string of the molecule is CC(C)(C)NC(=O)[C@H]1CC[C@H]2[C@@H]3CC[C@H]4N(C(=O)[C@@H]5CC[C@H]6[C@@H]7CC[C@H]8NC(=O)C=C[C@]8(C)[C@H]7CC[C@]56C)C(=O)C=C[C@]4(C)[C@H]3CC[C@]12C. The molecule has 8 rings (SSSR count). The number of imide groups is 1. The highest BCUT2D eigenvalue weighted by atomic mass is 16.2. The predicted octanol–water partition coefficient (Wildman–Crippen LogP) is 6.97. The molecular formula is C42H61N3O4. The summed E-state index contributed by atoms with van der Waals surface area (Å²) in [4.78, 5) is 56.3. The predicted molar refractivity (Wildman–Crippen MR) is 189 cm³/mol. The smallest absolute Gasteiger partial charge is 0.253 e. The lowest BCUT2D eigenvalue weighted by Crippen LogP contribution is -2.63. The molecule has 2 heterocycles. The second-order valence-electron chi connectivity index (χ2n) is 20.0. The van der Waals surface area contributed by atoms with Crippen LogP contribution in [0.25, 0.3) is 0 Å². The quantitative estimate of drug-likeness (QED) is 0.310. The Morgan fingerprint density at radius 2 is 1.29 bits per heavy atom. The fourth-order valence-corrected chi connectivity index (χ4v) is 14.6. The van der Waals surface area contributed by atoms with E-state index in [9.17, 15) is 19.2 Å². The minimum Gasteiger partial charge on any atom is -0.351 e. The van der Waals surface area contributed by atoms with E-state index in [1.54, 1.807) is 17.1 Å². The highest BCUT2D eigenvalue weighted by Gasteiger charge is 2.65. The van der Waals surface area contributed by atoms with Gasteiger partial charge in [-0.1, -0.05) is 39.8 Å². The molecule has 8 aliphatic rings. The van der Waals surface area contributed by atoms with Gasteiger partial charge in [-0.3, -0.25) is 24.1 Å². The number of hydrogen-bond acceptors (Lipinski definition) is 4. The highest BCUT2D eigenvalue weighted by Crippen LogP contribution is 2.68. The van der Waals surface area contributed by atoms with Crippen molar-refractivity contribution < 1.29 is 19.2 Å². The molecule has 7 nitrogen and oxygen atoms in total. The summed E-state index contributed by atoms with van der Waals surface area (Å²) in [5.41, 5.74) is -0.591. The van der Waals surface area contributed by atoms with Crippen LogP contribution in [0.4, 0.5) is 0 Å². The lowest BCUT2D eigenvalue weighted by molar-refractivity contribution is -0.164. The van der Waals surface area contributed by atoms with Crippen molar-refractivity contribution in [3.63, 3.8) is 0 Å². The van der Waals surface area contributed by atoms with Gasteiger partial charge in [0.2, 0.25) is 17.7 Å². The molecule has 268 valence electrons. The number of nitrogens with one attached hydrogen (secondary N) is 2. The van der Waals surface area contributed by atoms with Crippen molar-refractivity contribution >= 4 is 23.6 Å². The summed E-state index contributed by atoms with van der Waals surface area (Å²) in [7, 11) is 0. The Hall–Kier alpha value is -2.44. The second-order valence-corrected chi connectivity index (χ2v) is 20.0. The monoisotopic (exact) mass is 671 g/mol. The molecule has 0 bridgehead atoms. The molecule has 6 saturated carbocycles. The van der Waals surface area contributed by atoms with Crippen LogP contribution >= 0.6 is 0 Å². The first kappa shape index (κ1) is 33.7. The van der Waals surface area contributed by atoms with Crippen molar-refractivity contribution in [3.05, 3.63) is 24.3 Å². The third-order valence-corrected chi connectivity index (χ3v) is 16.9. The third kappa shape index (κ3) is 4.77. The van der Waals surface area contributed by atoms with Crippen LogP contribution in [0.1, 0.15) is 126 Å². The van der Waals surface area contributed by atoms with Crippen molar-refractivity contribution in [2.75, 3.05) is 0 Å². The van der Waals surface area contributed by atoms with Crippen LogP contribution in [-0.2, 0) is 19.2 Å². The van der Waals surface area contributed by atoms with E-state index < -0.39 is 0 Å². The molecule has 0 spiro atoms. The van der Waals surface area contributed by atoms with Crippen molar-refractivity contribution in [3.8, 4) is 0 Å². The minimum absolute atomic E-state index is 0.00487. The van der Waals surface area contributed by atoms with Crippen molar-refractivity contribution in [1.82, 2.24) is 15.5 Å². The van der Waals surface area contributed by atoms with Gasteiger partial charge in [-0.25, -0.2) is 0 Å². The Morgan fingerprint density at radius 3 is 1.94 bits per heavy atom. The number of fused-ring (bicyclic) bond motifs is 10. The van der Waals surface area contributed by atoms with Gasteiger partial charge in [0.15, 0.2) is 0 Å². The molecule has 0 radical (unpaired) electrons. The minimum atomic E-state index is -0.235. The zero-order valence-electron chi connectivity index (χ0n) is 31.1. The zero-order valence-corrected chi connectivity index (χ0v) is 31.1. The molecule has 4 amide bonds. The Labute approximate surface area is 294 Å². The van der Waals surface area contributed by atoms with E-state index in [2.05, 4.69) is 71.3 Å². The second kappa shape index (κ2) is 11.0. The maximum atomic E-state index is 14.9. The first-order chi connectivity index (χ1) is 23.0. The maximum absolute atomic E-state index is 14.9. The molecule has 2 N–H and O–H groups in total. The topological polar surface area (TPSA) is 95.6 Å². The van der Waals surface area contributed by atoms with E-state index in [0.717, 1.165) is 77.0 Å². The Bertz CT molecular complexity index is 1510. The summed E-state index contributed by atoms with van der Waals surface area (Å²) in [5.74, 6) is 3.15.